The molecule has 0 aromatic rings. The van der Waals surface area contributed by atoms with Crippen molar-refractivity contribution in [3.63, 3.8) is 0 Å². The quantitative estimate of drug-likeness (QED) is 0.0460. The molecule has 0 saturated carbocycles. The van der Waals surface area contributed by atoms with Gasteiger partial charge < -0.3 is 36.3 Å². The van der Waals surface area contributed by atoms with E-state index in [-0.39, 0.29) is 30.3 Å². The Hall–Kier alpha value is -1.80. The van der Waals surface area contributed by atoms with Gasteiger partial charge in [0, 0.05) is 18.8 Å². The molecule has 11 nitrogen and oxygen atoms in total. The summed E-state index contributed by atoms with van der Waals surface area (Å²) >= 11 is 1.34. The first kappa shape index (κ1) is 36.2. The highest BCUT2D eigenvalue weighted by atomic mass is 32.2. The molecule has 0 heterocycles. The Morgan fingerprint density at radius 2 is 1.58 bits per heavy atom. The highest BCUT2D eigenvalue weighted by Crippen LogP contribution is 2.20. The third kappa shape index (κ3) is 16.2. The van der Waals surface area contributed by atoms with Crippen LogP contribution >= 0.6 is 11.8 Å². The molecule has 0 aliphatic rings. The number of carbonyl (C=O) groups is 4. The fourth-order valence-corrected chi connectivity index (χ4v) is 4.66. The predicted molar refractivity (Wildman–Crippen MR) is 150 cm³/mol. The van der Waals surface area contributed by atoms with E-state index in [0.717, 1.165) is 0 Å². The van der Waals surface area contributed by atoms with Crippen LogP contribution in [-0.2, 0) is 19.2 Å². The average molecular weight is 559 g/mol. The van der Waals surface area contributed by atoms with Gasteiger partial charge in [0.1, 0.15) is 5.78 Å². The van der Waals surface area contributed by atoms with Crippen LogP contribution in [0.2, 0.25) is 0 Å². The molecule has 4 atom stereocenters. The Morgan fingerprint density at radius 3 is 2.08 bits per heavy atom. The molecule has 0 aliphatic heterocycles. The molecule has 0 bridgehead atoms. The summed E-state index contributed by atoms with van der Waals surface area (Å²) in [4.78, 5) is 50.6. The van der Waals surface area contributed by atoms with Gasteiger partial charge in [-0.3, -0.25) is 19.8 Å². The largest absolute Gasteiger partial charge is 0.475 e. The molecule has 2 amide bonds. The minimum atomic E-state index is -1.78. The normalized spacial score (nSPS) is 14.3. The minimum absolute atomic E-state index is 0.0719. The molecule has 0 rings (SSSR count). The lowest BCUT2D eigenvalue weighted by atomic mass is 9.76. The number of hydrogen-bond donors (Lipinski definition) is 7. The Balaban J connectivity index is 5.53. The smallest absolute Gasteiger partial charge is 0.426 e. The first-order chi connectivity index (χ1) is 17.8. The van der Waals surface area contributed by atoms with Crippen LogP contribution in [0.1, 0.15) is 79.1 Å². The molecule has 38 heavy (non-hydrogen) atoms. The summed E-state index contributed by atoms with van der Waals surface area (Å²) < 4.78 is 0. The van der Waals surface area contributed by atoms with Crippen LogP contribution in [0.5, 0.6) is 0 Å². The monoisotopic (exact) mass is 558 g/mol. The van der Waals surface area contributed by atoms with Crippen molar-refractivity contribution in [2.45, 2.75) is 91.0 Å². The summed E-state index contributed by atoms with van der Waals surface area (Å²) in [7, 11) is -1.78. The van der Waals surface area contributed by atoms with Gasteiger partial charge in [-0.25, -0.2) is 0 Å². The van der Waals surface area contributed by atoms with Crippen LogP contribution < -0.4 is 16.4 Å². The molecule has 13 heteroatoms. The van der Waals surface area contributed by atoms with Crippen LogP contribution in [0, 0.1) is 23.2 Å². The van der Waals surface area contributed by atoms with Crippen LogP contribution in [0.3, 0.4) is 0 Å². The standard InChI is InChI=1S/C25H47BN4O7S/c1-16(2)12-19(24(34)30-23(26(36)37)9-7-11-38-18(4)28)14-22(33)21(8-5-6-10-27)29-25(35)20(15-31)13-17(3)32/h16,19-21,23,28,31,36-37H,5-15,27H2,1-4H3,(H,29,35)(H,30,34)/t19-,20+,21+,23+/m1/s1. The topological polar surface area (TPSA) is 203 Å². The number of rotatable bonds is 21. The number of hydrogen-bond acceptors (Lipinski definition) is 10. The second-order valence-electron chi connectivity index (χ2n) is 10.2. The maximum Gasteiger partial charge on any atom is 0.475 e. The number of ketones is 2. The van der Waals surface area contributed by atoms with Crippen LogP contribution in [0.25, 0.3) is 0 Å². The van der Waals surface area contributed by atoms with Gasteiger partial charge in [-0.2, -0.15) is 0 Å². The van der Waals surface area contributed by atoms with Gasteiger partial charge in [0.25, 0.3) is 0 Å². The van der Waals surface area contributed by atoms with E-state index < -0.39 is 49.4 Å². The molecular weight excluding hydrogens is 511 g/mol. The summed E-state index contributed by atoms with van der Waals surface area (Å²) in [6.07, 6.45) is 2.43. The van der Waals surface area contributed by atoms with Crippen molar-refractivity contribution in [2.75, 3.05) is 18.9 Å². The van der Waals surface area contributed by atoms with Gasteiger partial charge in [0.05, 0.1) is 29.6 Å². The number of carbonyl (C=O) groups excluding carboxylic acids is 4. The van der Waals surface area contributed by atoms with Crippen molar-refractivity contribution >= 4 is 47.3 Å². The van der Waals surface area contributed by atoms with E-state index in [2.05, 4.69) is 10.6 Å². The summed E-state index contributed by atoms with van der Waals surface area (Å²) in [5.74, 6) is -3.64. The van der Waals surface area contributed by atoms with Gasteiger partial charge in [-0.15, -0.1) is 11.8 Å². The fraction of sp³-hybridized carbons (Fsp3) is 0.800. The molecule has 0 unspecified atom stereocenters. The molecular formula is C25H47BN4O7S. The van der Waals surface area contributed by atoms with E-state index in [0.29, 0.717) is 55.9 Å². The number of amides is 2. The molecule has 8 N–H and O–H groups in total. The van der Waals surface area contributed by atoms with Crippen LogP contribution in [0.15, 0.2) is 0 Å². The number of aliphatic hydroxyl groups excluding tert-OH is 1. The van der Waals surface area contributed by atoms with Crippen molar-refractivity contribution in [3.05, 3.63) is 0 Å². The van der Waals surface area contributed by atoms with Crippen LogP contribution in [0.4, 0.5) is 0 Å². The average Bonchev–Trinajstić information content (AvgIpc) is 2.82. The maximum atomic E-state index is 13.3. The lowest BCUT2D eigenvalue weighted by Gasteiger charge is -2.25. The number of thioether (sulfide) groups is 1. The summed E-state index contributed by atoms with van der Waals surface area (Å²) in [6.45, 7) is 6.69. The van der Waals surface area contributed by atoms with E-state index in [1.807, 2.05) is 13.8 Å². The van der Waals surface area contributed by atoms with Crippen molar-refractivity contribution in [1.29, 1.82) is 5.41 Å². The lowest BCUT2D eigenvalue weighted by molar-refractivity contribution is -0.134. The van der Waals surface area contributed by atoms with Crippen molar-refractivity contribution in [3.8, 4) is 0 Å². The summed E-state index contributed by atoms with van der Waals surface area (Å²) in [6, 6.07) is -0.905. The molecule has 218 valence electrons. The molecule has 0 aromatic heterocycles. The second-order valence-corrected chi connectivity index (χ2v) is 11.5. The maximum absolute atomic E-state index is 13.3. The molecule has 0 spiro atoms. The van der Waals surface area contributed by atoms with Gasteiger partial charge in [0.15, 0.2) is 5.78 Å². The fourth-order valence-electron chi connectivity index (χ4n) is 4.05. The Bertz CT molecular complexity index is 770. The number of Topliss-reactive ketones (excluding diaryl/α,β-unsaturated/α-hetero) is 2. The van der Waals surface area contributed by atoms with Crippen molar-refractivity contribution in [1.82, 2.24) is 10.6 Å². The highest BCUT2D eigenvalue weighted by molar-refractivity contribution is 8.13. The van der Waals surface area contributed by atoms with Gasteiger partial charge in [-0.05, 0) is 70.6 Å². The van der Waals surface area contributed by atoms with Crippen LogP contribution in [-0.4, -0.2) is 81.6 Å². The highest BCUT2D eigenvalue weighted by Gasteiger charge is 2.32. The number of aliphatic hydroxyl groups is 1. The van der Waals surface area contributed by atoms with E-state index in [9.17, 15) is 34.3 Å². The molecule has 0 saturated heterocycles. The molecule has 0 fully saturated rings. The molecule has 0 aromatic carbocycles. The zero-order chi connectivity index (χ0) is 29.3. The Labute approximate surface area is 231 Å². The SMILES string of the molecule is CC(=N)SCCC[C@H](NC(=O)[C@@H](CC(=O)[C@H](CCCCN)NC(=O)[C@H](CO)CC(C)=O)CC(C)C)B(O)O. The molecule has 0 aliphatic carbocycles. The Morgan fingerprint density at radius 1 is 0.947 bits per heavy atom. The first-order valence-electron chi connectivity index (χ1n) is 13.3. The van der Waals surface area contributed by atoms with E-state index in [4.69, 9.17) is 11.1 Å². The second kappa shape index (κ2) is 20.2. The van der Waals surface area contributed by atoms with Gasteiger partial charge >= 0.3 is 7.12 Å². The number of nitrogens with two attached hydrogens (primary N) is 1. The van der Waals surface area contributed by atoms with E-state index in [1.165, 1.54) is 18.7 Å². The minimum Gasteiger partial charge on any atom is -0.426 e. The number of nitrogens with one attached hydrogen (secondary N) is 3. The van der Waals surface area contributed by atoms with Gasteiger partial charge in [0.2, 0.25) is 11.8 Å². The Kier molecular flexibility index (Phi) is 19.2. The van der Waals surface area contributed by atoms with E-state index >= 15 is 0 Å². The molecule has 0 radical (unpaired) electrons. The van der Waals surface area contributed by atoms with E-state index in [1.54, 1.807) is 6.92 Å². The van der Waals surface area contributed by atoms with Gasteiger partial charge in [-0.1, -0.05) is 13.8 Å². The number of unbranched alkanes of at least 4 members (excludes halogenated alkanes) is 1. The third-order valence-electron chi connectivity index (χ3n) is 6.02. The zero-order valence-corrected chi connectivity index (χ0v) is 24.0. The van der Waals surface area contributed by atoms with Crippen molar-refractivity contribution < 1.29 is 34.3 Å². The summed E-state index contributed by atoms with van der Waals surface area (Å²) in [5.41, 5.74) is 5.57. The predicted octanol–water partition coefficient (Wildman–Crippen LogP) is 0.817. The zero-order valence-electron chi connectivity index (χ0n) is 23.2. The summed E-state index contributed by atoms with van der Waals surface area (Å²) in [5, 5.41) is 42.3. The van der Waals surface area contributed by atoms with Crippen molar-refractivity contribution in [2.24, 2.45) is 23.5 Å². The first-order valence-corrected chi connectivity index (χ1v) is 14.3. The third-order valence-corrected chi connectivity index (χ3v) is 6.94. The lowest BCUT2D eigenvalue weighted by Crippen LogP contribution is -2.50.